The molecule has 96 valence electrons. The molecule has 0 unspecified atom stereocenters. The van der Waals surface area contributed by atoms with Crippen molar-refractivity contribution in [3.05, 3.63) is 22.2 Å². The number of rotatable bonds is 3. The highest BCUT2D eigenvalue weighted by molar-refractivity contribution is 9.10. The molecule has 0 heterocycles. The van der Waals surface area contributed by atoms with Gasteiger partial charge < -0.3 is 14.2 Å². The summed E-state index contributed by atoms with van der Waals surface area (Å²) in [5.74, 6) is 5.68. The Hall–Kier alpha value is -1.67. The maximum Gasteiger partial charge on any atom is 0.384 e. The van der Waals surface area contributed by atoms with E-state index >= 15 is 0 Å². The second kappa shape index (κ2) is 6.92. The van der Waals surface area contributed by atoms with E-state index in [1.54, 1.807) is 26.2 Å². The Labute approximate surface area is 114 Å². The fourth-order valence-electron chi connectivity index (χ4n) is 1.28. The molecule has 0 bridgehead atoms. The van der Waals surface area contributed by atoms with Gasteiger partial charge in [0.15, 0.2) is 5.75 Å². The van der Waals surface area contributed by atoms with Gasteiger partial charge in [0.1, 0.15) is 10.2 Å². The van der Waals surface area contributed by atoms with Crippen LogP contribution in [0.1, 0.15) is 12.5 Å². The standard InChI is InChI=1S/C13H13BrO4/c1-4-18-11(15)8-6-9-5-7-10(16-2)12(14)13(9)17-3/h5,7H,4H2,1-3H3. The number of hydrogen-bond acceptors (Lipinski definition) is 4. The fourth-order valence-corrected chi connectivity index (χ4v) is 1.95. The summed E-state index contributed by atoms with van der Waals surface area (Å²) in [6.07, 6.45) is 0. The number of halogens is 1. The number of methoxy groups -OCH3 is 2. The molecule has 0 saturated heterocycles. The summed E-state index contributed by atoms with van der Waals surface area (Å²) in [5.41, 5.74) is 0.582. The molecule has 1 aromatic rings. The third kappa shape index (κ3) is 3.41. The largest absolute Gasteiger partial charge is 0.495 e. The Kier molecular flexibility index (Phi) is 5.53. The number of carbonyl (C=O) groups is 1. The Bertz CT molecular complexity index is 500. The molecule has 0 amide bonds. The average Bonchev–Trinajstić information content (AvgIpc) is 2.36. The number of carbonyl (C=O) groups excluding carboxylic acids is 1. The molecule has 0 fully saturated rings. The molecule has 0 aromatic heterocycles. The quantitative estimate of drug-likeness (QED) is 0.635. The van der Waals surface area contributed by atoms with Crippen LogP contribution < -0.4 is 9.47 Å². The molecule has 0 aliphatic heterocycles. The summed E-state index contributed by atoms with van der Waals surface area (Å²) in [5, 5.41) is 0. The van der Waals surface area contributed by atoms with E-state index in [1.807, 2.05) is 0 Å². The normalized spacial score (nSPS) is 9.11. The van der Waals surface area contributed by atoms with E-state index in [-0.39, 0.29) is 0 Å². The molecule has 0 atom stereocenters. The van der Waals surface area contributed by atoms with Crippen LogP contribution in [0.4, 0.5) is 0 Å². The molecule has 18 heavy (non-hydrogen) atoms. The van der Waals surface area contributed by atoms with Crippen molar-refractivity contribution in [3.63, 3.8) is 0 Å². The number of esters is 1. The zero-order valence-corrected chi connectivity index (χ0v) is 12.0. The van der Waals surface area contributed by atoms with E-state index in [4.69, 9.17) is 14.2 Å². The van der Waals surface area contributed by atoms with Crippen molar-refractivity contribution in [2.75, 3.05) is 20.8 Å². The van der Waals surface area contributed by atoms with Gasteiger partial charge >= 0.3 is 5.97 Å². The summed E-state index contributed by atoms with van der Waals surface area (Å²) in [6, 6.07) is 3.45. The van der Waals surface area contributed by atoms with Crippen LogP contribution >= 0.6 is 15.9 Å². The lowest BCUT2D eigenvalue weighted by molar-refractivity contribution is -0.136. The second-order valence-electron chi connectivity index (χ2n) is 3.13. The molecule has 1 rings (SSSR count). The highest BCUT2D eigenvalue weighted by Gasteiger charge is 2.11. The average molecular weight is 313 g/mol. The van der Waals surface area contributed by atoms with Crippen molar-refractivity contribution >= 4 is 21.9 Å². The van der Waals surface area contributed by atoms with Crippen LogP contribution in [0.3, 0.4) is 0 Å². The zero-order chi connectivity index (χ0) is 13.5. The minimum Gasteiger partial charge on any atom is -0.495 e. The molecule has 4 nitrogen and oxygen atoms in total. The summed E-state index contributed by atoms with van der Waals surface area (Å²) < 4.78 is 15.7. The molecule has 0 N–H and O–H groups in total. The smallest absolute Gasteiger partial charge is 0.384 e. The molecule has 0 radical (unpaired) electrons. The molecule has 5 heteroatoms. The van der Waals surface area contributed by atoms with E-state index < -0.39 is 5.97 Å². The molecule has 0 spiro atoms. The Morgan fingerprint density at radius 2 is 2.06 bits per heavy atom. The van der Waals surface area contributed by atoms with Gasteiger partial charge in [0, 0.05) is 5.92 Å². The van der Waals surface area contributed by atoms with Gasteiger partial charge in [0.25, 0.3) is 0 Å². The topological polar surface area (TPSA) is 44.8 Å². The van der Waals surface area contributed by atoms with Crippen LogP contribution in [0.2, 0.25) is 0 Å². The molecule has 0 saturated carbocycles. The van der Waals surface area contributed by atoms with Crippen molar-refractivity contribution in [1.29, 1.82) is 0 Å². The van der Waals surface area contributed by atoms with Crippen molar-refractivity contribution in [3.8, 4) is 23.3 Å². The third-order valence-electron chi connectivity index (χ3n) is 2.06. The monoisotopic (exact) mass is 312 g/mol. The van der Waals surface area contributed by atoms with E-state index in [9.17, 15) is 4.79 Å². The van der Waals surface area contributed by atoms with Crippen molar-refractivity contribution in [2.45, 2.75) is 6.92 Å². The zero-order valence-electron chi connectivity index (χ0n) is 10.4. The van der Waals surface area contributed by atoms with Gasteiger partial charge in [-0.15, -0.1) is 0 Å². The van der Waals surface area contributed by atoms with E-state index in [2.05, 4.69) is 27.8 Å². The van der Waals surface area contributed by atoms with E-state index in [0.717, 1.165) is 0 Å². The van der Waals surface area contributed by atoms with Crippen molar-refractivity contribution < 1.29 is 19.0 Å². The molecular weight excluding hydrogens is 300 g/mol. The van der Waals surface area contributed by atoms with E-state index in [0.29, 0.717) is 28.1 Å². The maximum atomic E-state index is 11.2. The summed E-state index contributed by atoms with van der Waals surface area (Å²) in [6.45, 7) is 2.03. The van der Waals surface area contributed by atoms with Crippen LogP contribution in [-0.2, 0) is 9.53 Å². The van der Waals surface area contributed by atoms with Crippen molar-refractivity contribution in [2.24, 2.45) is 0 Å². The minimum atomic E-state index is -0.563. The van der Waals surface area contributed by atoms with Gasteiger partial charge in [-0.05, 0) is 35.0 Å². The highest BCUT2D eigenvalue weighted by Crippen LogP contribution is 2.36. The molecular formula is C13H13BrO4. The number of hydrogen-bond donors (Lipinski definition) is 0. The third-order valence-corrected chi connectivity index (χ3v) is 2.81. The number of benzene rings is 1. The predicted molar refractivity (Wildman–Crippen MR) is 70.8 cm³/mol. The first-order valence-corrected chi connectivity index (χ1v) is 6.02. The van der Waals surface area contributed by atoms with Crippen molar-refractivity contribution in [1.82, 2.24) is 0 Å². The van der Waals surface area contributed by atoms with Crippen LogP contribution in [0, 0.1) is 11.8 Å². The van der Waals surface area contributed by atoms with Gasteiger partial charge in [-0.1, -0.05) is 5.92 Å². The van der Waals surface area contributed by atoms with E-state index in [1.165, 1.54) is 7.11 Å². The van der Waals surface area contributed by atoms with Crippen LogP contribution in [0.5, 0.6) is 11.5 Å². The van der Waals surface area contributed by atoms with Gasteiger partial charge in [-0.25, -0.2) is 4.79 Å². The first-order chi connectivity index (χ1) is 8.63. The SMILES string of the molecule is CCOC(=O)C#Cc1ccc(OC)c(Br)c1OC. The van der Waals surface area contributed by atoms with Gasteiger partial charge in [-0.3, -0.25) is 0 Å². The molecule has 0 aliphatic carbocycles. The lowest BCUT2D eigenvalue weighted by Gasteiger charge is -2.09. The highest BCUT2D eigenvalue weighted by atomic mass is 79.9. The molecule has 1 aromatic carbocycles. The Balaban J connectivity index is 3.10. The lowest BCUT2D eigenvalue weighted by atomic mass is 10.2. The van der Waals surface area contributed by atoms with Gasteiger partial charge in [0.05, 0.1) is 26.4 Å². The van der Waals surface area contributed by atoms with Crippen LogP contribution in [0.25, 0.3) is 0 Å². The van der Waals surface area contributed by atoms with Crippen LogP contribution in [-0.4, -0.2) is 26.8 Å². The first kappa shape index (κ1) is 14.4. The summed E-state index contributed by atoms with van der Waals surface area (Å²) in [7, 11) is 3.08. The lowest BCUT2D eigenvalue weighted by Crippen LogP contribution is -2.00. The fraction of sp³-hybridized carbons (Fsp3) is 0.308. The summed E-state index contributed by atoms with van der Waals surface area (Å²) >= 11 is 3.36. The first-order valence-electron chi connectivity index (χ1n) is 5.23. The van der Waals surface area contributed by atoms with Crippen LogP contribution in [0.15, 0.2) is 16.6 Å². The Morgan fingerprint density at radius 3 is 2.61 bits per heavy atom. The predicted octanol–water partition coefficient (Wildman–Crippen LogP) is 2.38. The Morgan fingerprint density at radius 1 is 1.33 bits per heavy atom. The minimum absolute atomic E-state index is 0.303. The second-order valence-corrected chi connectivity index (χ2v) is 3.93. The summed E-state index contributed by atoms with van der Waals surface area (Å²) in [4.78, 5) is 11.2. The molecule has 0 aliphatic rings. The van der Waals surface area contributed by atoms with Gasteiger partial charge in [0.2, 0.25) is 0 Å². The number of ether oxygens (including phenoxy) is 3. The van der Waals surface area contributed by atoms with Gasteiger partial charge in [-0.2, -0.15) is 0 Å². The maximum absolute atomic E-state index is 11.2.